The molecule has 3 aromatic rings. The lowest BCUT2D eigenvalue weighted by Gasteiger charge is -2.37. The van der Waals surface area contributed by atoms with Crippen LogP contribution in [-0.2, 0) is 0 Å². The first-order valence-electron chi connectivity index (χ1n) is 12.3. The molecule has 0 bridgehead atoms. The quantitative estimate of drug-likeness (QED) is 0.524. The SMILES string of the molecule is C[C@H](CO)N1C[C@H](C)[C@H](CN(C)C(=O)c2ccccc2F)Oc2ncc(C#Cc3ccncc3)cc2C1=O. The molecule has 0 aliphatic carbocycles. The second-order valence-electron chi connectivity index (χ2n) is 9.35. The van der Waals surface area contributed by atoms with Crippen molar-refractivity contribution in [2.75, 3.05) is 26.7 Å². The Bertz CT molecular complexity index is 1370. The normalized spacial score (nSPS) is 17.7. The van der Waals surface area contributed by atoms with Gasteiger partial charge in [-0.2, -0.15) is 0 Å². The summed E-state index contributed by atoms with van der Waals surface area (Å²) in [5.41, 5.74) is 1.47. The van der Waals surface area contributed by atoms with Gasteiger partial charge in [-0.1, -0.05) is 30.9 Å². The van der Waals surface area contributed by atoms with E-state index in [9.17, 15) is 19.1 Å². The first-order valence-corrected chi connectivity index (χ1v) is 12.3. The molecule has 3 heterocycles. The fraction of sp³-hybridized carbons (Fsp3) is 0.310. The first-order chi connectivity index (χ1) is 18.3. The van der Waals surface area contributed by atoms with Gasteiger partial charge in [0.05, 0.1) is 24.8 Å². The zero-order chi connectivity index (χ0) is 27.2. The van der Waals surface area contributed by atoms with Crippen LogP contribution in [0.5, 0.6) is 5.88 Å². The lowest BCUT2D eigenvalue weighted by molar-refractivity contribution is 0.0312. The van der Waals surface area contributed by atoms with Crippen molar-refractivity contribution in [2.24, 2.45) is 5.92 Å². The predicted molar refractivity (Wildman–Crippen MR) is 139 cm³/mol. The van der Waals surface area contributed by atoms with Crippen molar-refractivity contribution in [1.82, 2.24) is 19.8 Å². The molecule has 0 radical (unpaired) electrons. The van der Waals surface area contributed by atoms with E-state index in [0.717, 1.165) is 5.56 Å². The number of likely N-dealkylation sites (N-methyl/N-ethyl adjacent to an activating group) is 1. The number of benzene rings is 1. The number of aliphatic hydroxyl groups excluding tert-OH is 1. The van der Waals surface area contributed by atoms with Crippen molar-refractivity contribution in [3.05, 3.63) is 89.1 Å². The van der Waals surface area contributed by atoms with Crippen LogP contribution < -0.4 is 4.74 Å². The van der Waals surface area contributed by atoms with E-state index in [-0.39, 0.29) is 48.5 Å². The molecule has 9 heteroatoms. The molecular formula is C29H29FN4O4. The summed E-state index contributed by atoms with van der Waals surface area (Å²) in [6.07, 6.45) is 4.25. The molecule has 0 fully saturated rings. The molecular weight excluding hydrogens is 487 g/mol. The van der Waals surface area contributed by atoms with E-state index in [1.54, 1.807) is 55.5 Å². The molecule has 4 rings (SSSR count). The second-order valence-corrected chi connectivity index (χ2v) is 9.35. The summed E-state index contributed by atoms with van der Waals surface area (Å²) in [5, 5.41) is 9.85. The first kappa shape index (κ1) is 26.8. The van der Waals surface area contributed by atoms with Crippen LogP contribution in [0.4, 0.5) is 4.39 Å². The Kier molecular flexibility index (Phi) is 8.34. The van der Waals surface area contributed by atoms with Crippen LogP contribution in [0.1, 0.15) is 45.7 Å². The van der Waals surface area contributed by atoms with E-state index in [0.29, 0.717) is 5.56 Å². The van der Waals surface area contributed by atoms with Crippen LogP contribution in [-0.4, -0.2) is 75.6 Å². The van der Waals surface area contributed by atoms with Gasteiger partial charge >= 0.3 is 0 Å². The van der Waals surface area contributed by atoms with E-state index < -0.39 is 23.9 Å². The minimum atomic E-state index is -0.600. The van der Waals surface area contributed by atoms with Crippen LogP contribution in [0.25, 0.3) is 0 Å². The summed E-state index contributed by atoms with van der Waals surface area (Å²) >= 11 is 0. The van der Waals surface area contributed by atoms with Crippen LogP contribution in [0, 0.1) is 23.6 Å². The van der Waals surface area contributed by atoms with Crippen LogP contribution in [0.3, 0.4) is 0 Å². The summed E-state index contributed by atoms with van der Waals surface area (Å²) in [6, 6.07) is 10.5. The largest absolute Gasteiger partial charge is 0.472 e. The van der Waals surface area contributed by atoms with Gasteiger partial charge < -0.3 is 19.6 Å². The Labute approximate surface area is 221 Å². The van der Waals surface area contributed by atoms with E-state index in [1.807, 2.05) is 6.92 Å². The highest BCUT2D eigenvalue weighted by Crippen LogP contribution is 2.27. The summed E-state index contributed by atoms with van der Waals surface area (Å²) in [7, 11) is 1.58. The van der Waals surface area contributed by atoms with E-state index in [2.05, 4.69) is 21.8 Å². The Hall–Kier alpha value is -4.29. The van der Waals surface area contributed by atoms with Gasteiger partial charge in [0.25, 0.3) is 11.8 Å². The van der Waals surface area contributed by atoms with E-state index >= 15 is 0 Å². The van der Waals surface area contributed by atoms with Gasteiger partial charge in [0.1, 0.15) is 17.5 Å². The Morgan fingerprint density at radius 2 is 1.95 bits per heavy atom. The molecule has 3 atom stereocenters. The van der Waals surface area contributed by atoms with Gasteiger partial charge in [0, 0.05) is 49.2 Å². The minimum Gasteiger partial charge on any atom is -0.472 e. The van der Waals surface area contributed by atoms with Crippen molar-refractivity contribution >= 4 is 11.8 Å². The number of ether oxygens (including phenoxy) is 1. The van der Waals surface area contributed by atoms with Gasteiger partial charge in [-0.25, -0.2) is 9.37 Å². The number of halogens is 1. The number of hydrogen-bond donors (Lipinski definition) is 1. The number of nitrogens with zero attached hydrogens (tertiary/aromatic N) is 4. The monoisotopic (exact) mass is 516 g/mol. The van der Waals surface area contributed by atoms with Crippen LogP contribution in [0.15, 0.2) is 61.1 Å². The number of rotatable bonds is 5. The smallest absolute Gasteiger partial charge is 0.259 e. The summed E-state index contributed by atoms with van der Waals surface area (Å²) < 4.78 is 20.5. The number of pyridine rings is 2. The molecule has 8 nitrogen and oxygen atoms in total. The van der Waals surface area contributed by atoms with Gasteiger partial charge in [0.2, 0.25) is 5.88 Å². The summed E-state index contributed by atoms with van der Waals surface area (Å²) in [6.45, 7) is 3.85. The molecule has 2 aromatic heterocycles. The molecule has 196 valence electrons. The molecule has 0 saturated heterocycles. The molecule has 1 aliphatic rings. The molecule has 0 spiro atoms. The van der Waals surface area contributed by atoms with Crippen molar-refractivity contribution in [3.63, 3.8) is 0 Å². The van der Waals surface area contributed by atoms with E-state index in [4.69, 9.17) is 4.74 Å². The topological polar surface area (TPSA) is 95.9 Å². The standard InChI is InChI=1S/C29H29FN4O4/c1-19-16-34(20(2)18-35)29(37)24-14-22(9-8-21-10-12-31-13-11-21)15-32-27(24)38-26(19)17-33(3)28(36)23-6-4-5-7-25(23)30/h4-7,10-15,19-20,26,35H,16-18H2,1-3H3/t19-,20+,26-/m0/s1. The molecule has 38 heavy (non-hydrogen) atoms. The molecule has 0 unspecified atom stereocenters. The highest BCUT2D eigenvalue weighted by atomic mass is 19.1. The molecule has 1 N–H and O–H groups in total. The number of hydrogen-bond acceptors (Lipinski definition) is 6. The number of amides is 2. The fourth-order valence-corrected chi connectivity index (χ4v) is 4.16. The maximum absolute atomic E-state index is 14.2. The third-order valence-electron chi connectivity index (χ3n) is 6.46. The number of carbonyl (C=O) groups is 2. The number of aliphatic hydroxyl groups is 1. The number of fused-ring (bicyclic) bond motifs is 1. The zero-order valence-electron chi connectivity index (χ0n) is 21.5. The van der Waals surface area contributed by atoms with Crippen LogP contribution in [0.2, 0.25) is 0 Å². The zero-order valence-corrected chi connectivity index (χ0v) is 21.5. The second kappa shape index (κ2) is 11.8. The Morgan fingerprint density at radius 1 is 1.24 bits per heavy atom. The fourth-order valence-electron chi connectivity index (χ4n) is 4.16. The lowest BCUT2D eigenvalue weighted by atomic mass is 9.99. The Balaban J connectivity index is 1.66. The Morgan fingerprint density at radius 3 is 2.66 bits per heavy atom. The number of aromatic nitrogens is 2. The average molecular weight is 517 g/mol. The van der Waals surface area contributed by atoms with Gasteiger partial charge in [-0.05, 0) is 37.3 Å². The molecule has 1 aromatic carbocycles. The highest BCUT2D eigenvalue weighted by Gasteiger charge is 2.35. The summed E-state index contributed by atoms with van der Waals surface area (Å²) in [4.78, 5) is 37.9. The third-order valence-corrected chi connectivity index (χ3v) is 6.46. The van der Waals surface area contributed by atoms with Gasteiger partial charge in [0.15, 0.2) is 0 Å². The van der Waals surface area contributed by atoms with Crippen molar-refractivity contribution in [1.29, 1.82) is 0 Å². The molecule has 0 saturated carbocycles. The maximum atomic E-state index is 14.2. The van der Waals surface area contributed by atoms with Crippen molar-refractivity contribution in [3.8, 4) is 17.7 Å². The van der Waals surface area contributed by atoms with Gasteiger partial charge in [-0.15, -0.1) is 0 Å². The third kappa shape index (κ3) is 5.98. The highest BCUT2D eigenvalue weighted by molar-refractivity contribution is 5.97. The number of carbonyl (C=O) groups excluding carboxylic acids is 2. The van der Waals surface area contributed by atoms with Crippen molar-refractivity contribution < 1.29 is 23.8 Å². The lowest BCUT2D eigenvalue weighted by Crippen LogP contribution is -2.50. The average Bonchev–Trinajstić information content (AvgIpc) is 2.93. The summed E-state index contributed by atoms with van der Waals surface area (Å²) in [5.74, 6) is 4.50. The molecule has 2 amide bonds. The van der Waals surface area contributed by atoms with E-state index in [1.165, 1.54) is 29.3 Å². The maximum Gasteiger partial charge on any atom is 0.259 e. The van der Waals surface area contributed by atoms with Gasteiger partial charge in [-0.3, -0.25) is 14.6 Å². The van der Waals surface area contributed by atoms with Crippen molar-refractivity contribution in [2.45, 2.75) is 26.0 Å². The minimum absolute atomic E-state index is 0.0323. The molecule has 1 aliphatic heterocycles. The van der Waals surface area contributed by atoms with Crippen LogP contribution >= 0.6 is 0 Å². The predicted octanol–water partition coefficient (Wildman–Crippen LogP) is 3.01.